The Morgan fingerprint density at radius 1 is 1.29 bits per heavy atom. The van der Waals surface area contributed by atoms with Gasteiger partial charge in [-0.05, 0) is 52.5 Å². The fourth-order valence-corrected chi connectivity index (χ4v) is 3.27. The van der Waals surface area contributed by atoms with E-state index in [-0.39, 0.29) is 11.9 Å². The standard InChI is InChI=1S/C16H18BrN3O/c17-13-10-14(19-11-13)16(21)20-9-3-1-2-4-15(20)12-5-7-18-8-6-12/h5-8,10-11,15,19H,1-4,9H2. The third-order valence-electron chi connectivity index (χ3n) is 3.98. The first-order chi connectivity index (χ1) is 10.3. The first-order valence-electron chi connectivity index (χ1n) is 7.30. The van der Waals surface area contributed by atoms with Gasteiger partial charge in [-0.2, -0.15) is 0 Å². The Kier molecular flexibility index (Phi) is 4.39. The molecule has 21 heavy (non-hydrogen) atoms. The maximum absolute atomic E-state index is 12.8. The SMILES string of the molecule is O=C(c1cc(Br)c[nH]1)N1CCCCCC1c1ccncc1. The van der Waals surface area contributed by atoms with E-state index in [1.54, 1.807) is 18.6 Å². The van der Waals surface area contributed by atoms with Crippen molar-refractivity contribution < 1.29 is 4.79 Å². The number of aromatic amines is 1. The number of nitrogens with zero attached hydrogens (tertiary/aromatic N) is 2. The molecule has 1 saturated heterocycles. The van der Waals surface area contributed by atoms with Crippen LogP contribution in [0.1, 0.15) is 47.8 Å². The highest BCUT2D eigenvalue weighted by atomic mass is 79.9. The van der Waals surface area contributed by atoms with Crippen LogP contribution in [-0.4, -0.2) is 27.3 Å². The van der Waals surface area contributed by atoms with E-state index in [0.717, 1.165) is 30.3 Å². The van der Waals surface area contributed by atoms with Crippen molar-refractivity contribution in [2.75, 3.05) is 6.54 Å². The number of H-pyrrole nitrogens is 1. The summed E-state index contributed by atoms with van der Waals surface area (Å²) in [7, 11) is 0. The Morgan fingerprint density at radius 2 is 2.10 bits per heavy atom. The lowest BCUT2D eigenvalue weighted by molar-refractivity contribution is 0.0675. The van der Waals surface area contributed by atoms with Crippen LogP contribution in [0.4, 0.5) is 0 Å². The monoisotopic (exact) mass is 347 g/mol. The highest BCUT2D eigenvalue weighted by molar-refractivity contribution is 9.10. The number of aromatic nitrogens is 2. The number of hydrogen-bond acceptors (Lipinski definition) is 2. The second-order valence-electron chi connectivity index (χ2n) is 5.38. The lowest BCUT2D eigenvalue weighted by Crippen LogP contribution is -2.35. The van der Waals surface area contributed by atoms with Crippen LogP contribution in [0.5, 0.6) is 0 Å². The zero-order valence-corrected chi connectivity index (χ0v) is 13.3. The maximum Gasteiger partial charge on any atom is 0.270 e. The molecule has 0 aromatic carbocycles. The third kappa shape index (κ3) is 3.18. The number of likely N-dealkylation sites (tertiary alicyclic amines) is 1. The zero-order valence-electron chi connectivity index (χ0n) is 11.8. The Bertz CT molecular complexity index is 611. The van der Waals surface area contributed by atoms with Crippen LogP contribution in [0.3, 0.4) is 0 Å². The van der Waals surface area contributed by atoms with Gasteiger partial charge in [0.15, 0.2) is 0 Å². The minimum Gasteiger partial charge on any atom is -0.356 e. The molecule has 1 atom stereocenters. The van der Waals surface area contributed by atoms with Crippen molar-refractivity contribution >= 4 is 21.8 Å². The number of rotatable bonds is 2. The third-order valence-corrected chi connectivity index (χ3v) is 4.44. The van der Waals surface area contributed by atoms with Crippen LogP contribution in [0, 0.1) is 0 Å². The summed E-state index contributed by atoms with van der Waals surface area (Å²) in [6.45, 7) is 0.808. The van der Waals surface area contributed by atoms with Crippen molar-refractivity contribution in [3.05, 3.63) is 52.5 Å². The summed E-state index contributed by atoms with van der Waals surface area (Å²) in [5, 5.41) is 0. The minimum absolute atomic E-state index is 0.0735. The highest BCUT2D eigenvalue weighted by Crippen LogP contribution is 2.31. The molecule has 5 heteroatoms. The van der Waals surface area contributed by atoms with Gasteiger partial charge in [0.1, 0.15) is 5.69 Å². The topological polar surface area (TPSA) is 49.0 Å². The van der Waals surface area contributed by atoms with Crippen molar-refractivity contribution in [1.82, 2.24) is 14.9 Å². The van der Waals surface area contributed by atoms with Gasteiger partial charge in [-0.3, -0.25) is 9.78 Å². The van der Waals surface area contributed by atoms with Gasteiger partial charge in [0.25, 0.3) is 5.91 Å². The van der Waals surface area contributed by atoms with Crippen LogP contribution in [0.25, 0.3) is 0 Å². The predicted molar refractivity (Wildman–Crippen MR) is 85.0 cm³/mol. The molecule has 0 bridgehead atoms. The molecule has 2 aromatic heterocycles. The van der Waals surface area contributed by atoms with Crippen LogP contribution in [-0.2, 0) is 0 Å². The molecule has 0 spiro atoms. The first kappa shape index (κ1) is 14.3. The second kappa shape index (κ2) is 6.43. The number of carbonyl (C=O) groups is 1. The Morgan fingerprint density at radius 3 is 2.81 bits per heavy atom. The number of hydrogen-bond donors (Lipinski definition) is 1. The number of carbonyl (C=O) groups excluding carboxylic acids is 1. The molecule has 1 aliphatic rings. The van der Waals surface area contributed by atoms with E-state index in [1.807, 2.05) is 23.1 Å². The normalized spacial score (nSPS) is 19.3. The van der Waals surface area contributed by atoms with E-state index in [1.165, 1.54) is 12.0 Å². The largest absolute Gasteiger partial charge is 0.356 e. The number of pyridine rings is 1. The van der Waals surface area contributed by atoms with Gasteiger partial charge in [-0.25, -0.2) is 0 Å². The smallest absolute Gasteiger partial charge is 0.270 e. The van der Waals surface area contributed by atoms with Gasteiger partial charge in [0, 0.05) is 29.6 Å². The Labute approximate surface area is 132 Å². The molecule has 0 saturated carbocycles. The second-order valence-corrected chi connectivity index (χ2v) is 6.29. The average molecular weight is 348 g/mol. The molecule has 3 heterocycles. The van der Waals surface area contributed by atoms with Crippen molar-refractivity contribution in [3.8, 4) is 0 Å². The van der Waals surface area contributed by atoms with Crippen molar-refractivity contribution in [3.63, 3.8) is 0 Å². The van der Waals surface area contributed by atoms with E-state index in [4.69, 9.17) is 0 Å². The summed E-state index contributed by atoms with van der Waals surface area (Å²) in [5.74, 6) is 0.0735. The van der Waals surface area contributed by atoms with Gasteiger partial charge < -0.3 is 9.88 Å². The predicted octanol–water partition coefficient (Wildman–Crippen LogP) is 3.93. The zero-order chi connectivity index (χ0) is 14.7. The van der Waals surface area contributed by atoms with Gasteiger partial charge in [0.2, 0.25) is 0 Å². The van der Waals surface area contributed by atoms with Crippen LogP contribution in [0.15, 0.2) is 41.3 Å². The van der Waals surface area contributed by atoms with Crippen LogP contribution in [0.2, 0.25) is 0 Å². The molecule has 1 unspecified atom stereocenters. The summed E-state index contributed by atoms with van der Waals surface area (Å²) < 4.78 is 0.904. The summed E-state index contributed by atoms with van der Waals surface area (Å²) in [5.41, 5.74) is 1.81. The summed E-state index contributed by atoms with van der Waals surface area (Å²) in [4.78, 5) is 21.9. The van der Waals surface area contributed by atoms with E-state index in [2.05, 4.69) is 25.9 Å². The Balaban J connectivity index is 1.90. The van der Waals surface area contributed by atoms with Gasteiger partial charge in [-0.1, -0.05) is 12.8 Å². The van der Waals surface area contributed by atoms with Crippen LogP contribution >= 0.6 is 15.9 Å². The fourth-order valence-electron chi connectivity index (χ4n) is 2.93. The van der Waals surface area contributed by atoms with Crippen LogP contribution < -0.4 is 0 Å². The van der Waals surface area contributed by atoms with Crippen molar-refractivity contribution in [1.29, 1.82) is 0 Å². The number of halogens is 1. The Hall–Kier alpha value is -1.62. The molecule has 2 aromatic rings. The number of nitrogens with one attached hydrogen (secondary N) is 1. The summed E-state index contributed by atoms with van der Waals surface area (Å²) in [6, 6.07) is 6.02. The lowest BCUT2D eigenvalue weighted by atomic mass is 10.0. The van der Waals surface area contributed by atoms with E-state index >= 15 is 0 Å². The molecule has 1 amide bonds. The fraction of sp³-hybridized carbons (Fsp3) is 0.375. The highest BCUT2D eigenvalue weighted by Gasteiger charge is 2.28. The molecule has 0 radical (unpaired) electrons. The van der Waals surface area contributed by atoms with E-state index < -0.39 is 0 Å². The molecular weight excluding hydrogens is 330 g/mol. The minimum atomic E-state index is 0.0735. The average Bonchev–Trinajstić information content (AvgIpc) is 2.81. The number of amides is 1. The molecule has 1 aliphatic heterocycles. The van der Waals surface area contributed by atoms with E-state index in [9.17, 15) is 4.79 Å². The molecule has 0 aliphatic carbocycles. The maximum atomic E-state index is 12.8. The molecular formula is C16H18BrN3O. The quantitative estimate of drug-likeness (QED) is 0.894. The van der Waals surface area contributed by atoms with Gasteiger partial charge in [0.05, 0.1) is 6.04 Å². The molecule has 1 fully saturated rings. The molecule has 3 rings (SSSR count). The van der Waals surface area contributed by atoms with E-state index in [0.29, 0.717) is 5.69 Å². The summed E-state index contributed by atoms with van der Waals surface area (Å²) in [6.07, 6.45) is 9.81. The summed E-state index contributed by atoms with van der Waals surface area (Å²) >= 11 is 3.39. The molecule has 110 valence electrons. The first-order valence-corrected chi connectivity index (χ1v) is 8.10. The molecule has 1 N–H and O–H groups in total. The van der Waals surface area contributed by atoms with Gasteiger partial charge in [-0.15, -0.1) is 0 Å². The van der Waals surface area contributed by atoms with Crippen molar-refractivity contribution in [2.24, 2.45) is 0 Å². The van der Waals surface area contributed by atoms with Gasteiger partial charge >= 0.3 is 0 Å². The molecule has 4 nitrogen and oxygen atoms in total. The lowest BCUT2D eigenvalue weighted by Gasteiger charge is -2.30. The van der Waals surface area contributed by atoms with Crippen molar-refractivity contribution in [2.45, 2.75) is 31.7 Å².